The number of carbonyl (C=O) groups is 1. The van der Waals surface area contributed by atoms with Crippen molar-refractivity contribution in [3.05, 3.63) is 42.0 Å². The number of amides is 2. The topological polar surface area (TPSA) is 32.3 Å². The third-order valence-electron chi connectivity index (χ3n) is 3.35. The third kappa shape index (κ3) is 3.35. The van der Waals surface area contributed by atoms with Gasteiger partial charge in [-0.3, -0.25) is 0 Å². The minimum Gasteiger partial charge on any atom is -0.314 e. The number of nitrogens with one attached hydrogen (secondary N) is 1. The molecule has 1 atom stereocenters. The van der Waals surface area contributed by atoms with Gasteiger partial charge >= 0.3 is 6.03 Å². The maximum atomic E-state index is 13.1. The number of unbranched alkanes of at least 4 members (excludes halogenated alkanes) is 1. The zero-order chi connectivity index (χ0) is 14.5. The van der Waals surface area contributed by atoms with E-state index < -0.39 is 11.6 Å². The maximum Gasteiger partial charge on any atom is 0.322 e. The molecule has 1 heterocycles. The van der Waals surface area contributed by atoms with E-state index in [2.05, 4.69) is 12.2 Å². The van der Waals surface area contributed by atoms with Crippen LogP contribution in [-0.2, 0) is 0 Å². The Hall–Kier alpha value is -1.91. The molecule has 0 saturated heterocycles. The fourth-order valence-corrected chi connectivity index (χ4v) is 2.24. The van der Waals surface area contributed by atoms with Gasteiger partial charge in [0.05, 0.1) is 6.04 Å². The van der Waals surface area contributed by atoms with Crippen molar-refractivity contribution >= 4 is 11.7 Å². The van der Waals surface area contributed by atoms with E-state index in [1.165, 1.54) is 6.07 Å². The Morgan fingerprint density at radius 2 is 2.20 bits per heavy atom. The van der Waals surface area contributed by atoms with Crippen molar-refractivity contribution < 1.29 is 13.6 Å². The summed E-state index contributed by atoms with van der Waals surface area (Å²) in [6.07, 6.45) is 7.00. The molecule has 1 unspecified atom stereocenters. The van der Waals surface area contributed by atoms with Gasteiger partial charge in [0.15, 0.2) is 11.6 Å². The molecule has 0 aromatic heterocycles. The molecule has 1 aromatic carbocycles. The number of rotatable bonds is 4. The van der Waals surface area contributed by atoms with Crippen LogP contribution < -0.4 is 5.32 Å². The molecular weight excluding hydrogens is 262 g/mol. The van der Waals surface area contributed by atoms with E-state index in [9.17, 15) is 13.6 Å². The molecule has 2 amide bonds. The van der Waals surface area contributed by atoms with Crippen LogP contribution in [0.5, 0.6) is 0 Å². The molecule has 1 aliphatic heterocycles. The lowest BCUT2D eigenvalue weighted by Crippen LogP contribution is -2.39. The SMILES string of the molecule is CCCCC1C=CCN1C(=O)Nc1ccc(F)c(F)c1. The van der Waals surface area contributed by atoms with Gasteiger partial charge in [-0.15, -0.1) is 0 Å². The van der Waals surface area contributed by atoms with Crippen LogP contribution in [0.3, 0.4) is 0 Å². The molecule has 0 aliphatic carbocycles. The number of hydrogen-bond acceptors (Lipinski definition) is 1. The lowest BCUT2D eigenvalue weighted by atomic mass is 10.1. The normalized spacial score (nSPS) is 17.6. The highest BCUT2D eigenvalue weighted by Crippen LogP contribution is 2.19. The van der Waals surface area contributed by atoms with Crippen LogP contribution in [0.2, 0.25) is 0 Å². The van der Waals surface area contributed by atoms with Gasteiger partial charge in [-0.2, -0.15) is 0 Å². The highest BCUT2D eigenvalue weighted by Gasteiger charge is 2.24. The van der Waals surface area contributed by atoms with E-state index in [0.717, 1.165) is 31.4 Å². The summed E-state index contributed by atoms with van der Waals surface area (Å²) >= 11 is 0. The zero-order valence-corrected chi connectivity index (χ0v) is 11.4. The minimum absolute atomic E-state index is 0.0836. The Balaban J connectivity index is 1.98. The van der Waals surface area contributed by atoms with Crippen LogP contribution in [0, 0.1) is 11.6 Å². The first-order chi connectivity index (χ1) is 9.61. The number of hydrogen-bond donors (Lipinski definition) is 1. The summed E-state index contributed by atoms with van der Waals surface area (Å²) in [6.45, 7) is 2.65. The second kappa shape index (κ2) is 6.50. The van der Waals surface area contributed by atoms with Crippen molar-refractivity contribution in [2.75, 3.05) is 11.9 Å². The van der Waals surface area contributed by atoms with E-state index in [0.29, 0.717) is 6.54 Å². The van der Waals surface area contributed by atoms with Crippen molar-refractivity contribution in [3.63, 3.8) is 0 Å². The average molecular weight is 280 g/mol. The Labute approximate surface area is 117 Å². The Morgan fingerprint density at radius 3 is 2.90 bits per heavy atom. The molecule has 1 aromatic rings. The second-order valence-electron chi connectivity index (χ2n) is 4.85. The molecule has 0 fully saturated rings. The number of carbonyl (C=O) groups excluding carboxylic acids is 1. The van der Waals surface area contributed by atoms with Gasteiger partial charge in [-0.05, 0) is 18.6 Å². The zero-order valence-electron chi connectivity index (χ0n) is 11.4. The molecular formula is C15H18F2N2O. The van der Waals surface area contributed by atoms with E-state index in [1.54, 1.807) is 4.90 Å². The van der Waals surface area contributed by atoms with Crippen LogP contribution in [0.4, 0.5) is 19.3 Å². The maximum absolute atomic E-state index is 13.1. The third-order valence-corrected chi connectivity index (χ3v) is 3.35. The minimum atomic E-state index is -0.968. The predicted molar refractivity (Wildman–Crippen MR) is 74.5 cm³/mol. The molecule has 0 spiro atoms. The molecule has 1 N–H and O–H groups in total. The van der Waals surface area contributed by atoms with Gasteiger partial charge in [0.1, 0.15) is 0 Å². The number of nitrogens with zero attached hydrogens (tertiary/aromatic N) is 1. The first-order valence-corrected chi connectivity index (χ1v) is 6.81. The summed E-state index contributed by atoms with van der Waals surface area (Å²) in [4.78, 5) is 13.8. The lowest BCUT2D eigenvalue weighted by Gasteiger charge is -2.24. The molecule has 3 nitrogen and oxygen atoms in total. The Kier molecular flexibility index (Phi) is 4.71. The molecule has 108 valence electrons. The van der Waals surface area contributed by atoms with E-state index in [1.807, 2.05) is 12.2 Å². The first-order valence-electron chi connectivity index (χ1n) is 6.81. The fourth-order valence-electron chi connectivity index (χ4n) is 2.24. The number of benzene rings is 1. The quantitative estimate of drug-likeness (QED) is 0.833. The van der Waals surface area contributed by atoms with Crippen molar-refractivity contribution in [3.8, 4) is 0 Å². The largest absolute Gasteiger partial charge is 0.322 e. The number of halogens is 2. The summed E-state index contributed by atoms with van der Waals surface area (Å²) in [7, 11) is 0. The lowest BCUT2D eigenvalue weighted by molar-refractivity contribution is 0.208. The highest BCUT2D eigenvalue weighted by atomic mass is 19.2. The fraction of sp³-hybridized carbons (Fsp3) is 0.400. The smallest absolute Gasteiger partial charge is 0.314 e. The van der Waals surface area contributed by atoms with Crippen LogP contribution >= 0.6 is 0 Å². The molecule has 20 heavy (non-hydrogen) atoms. The monoisotopic (exact) mass is 280 g/mol. The van der Waals surface area contributed by atoms with Crippen LogP contribution in [-0.4, -0.2) is 23.5 Å². The van der Waals surface area contributed by atoms with E-state index in [-0.39, 0.29) is 17.8 Å². The van der Waals surface area contributed by atoms with Crippen molar-refractivity contribution in [1.29, 1.82) is 0 Å². The van der Waals surface area contributed by atoms with Crippen LogP contribution in [0.1, 0.15) is 26.2 Å². The number of urea groups is 1. The molecule has 0 radical (unpaired) electrons. The first kappa shape index (κ1) is 14.5. The van der Waals surface area contributed by atoms with Gasteiger partial charge in [0.2, 0.25) is 0 Å². The average Bonchev–Trinajstić information content (AvgIpc) is 2.89. The molecule has 5 heteroatoms. The summed E-state index contributed by atoms with van der Waals surface area (Å²) in [5.74, 6) is -1.89. The molecule has 2 rings (SSSR count). The second-order valence-corrected chi connectivity index (χ2v) is 4.85. The van der Waals surface area contributed by atoms with Gasteiger partial charge in [0, 0.05) is 18.3 Å². The Morgan fingerprint density at radius 1 is 1.40 bits per heavy atom. The predicted octanol–water partition coefficient (Wildman–Crippen LogP) is 3.93. The highest BCUT2D eigenvalue weighted by molar-refractivity contribution is 5.90. The molecule has 0 saturated carbocycles. The van der Waals surface area contributed by atoms with E-state index in [4.69, 9.17) is 0 Å². The summed E-state index contributed by atoms with van der Waals surface area (Å²) in [5, 5.41) is 2.60. The Bertz CT molecular complexity index is 517. The van der Waals surface area contributed by atoms with Crippen LogP contribution in [0.15, 0.2) is 30.4 Å². The molecule has 0 bridgehead atoms. The summed E-state index contributed by atoms with van der Waals surface area (Å²) in [5.41, 5.74) is 0.259. The van der Waals surface area contributed by atoms with Gasteiger partial charge in [-0.25, -0.2) is 13.6 Å². The van der Waals surface area contributed by atoms with Crippen molar-refractivity contribution in [2.24, 2.45) is 0 Å². The van der Waals surface area contributed by atoms with Gasteiger partial charge < -0.3 is 10.2 Å². The van der Waals surface area contributed by atoms with Crippen LogP contribution in [0.25, 0.3) is 0 Å². The van der Waals surface area contributed by atoms with Gasteiger partial charge in [-0.1, -0.05) is 31.9 Å². The van der Waals surface area contributed by atoms with Crippen molar-refractivity contribution in [1.82, 2.24) is 4.90 Å². The summed E-state index contributed by atoms with van der Waals surface area (Å²) in [6, 6.07) is 3.13. The summed E-state index contributed by atoms with van der Waals surface area (Å²) < 4.78 is 25.9. The van der Waals surface area contributed by atoms with Gasteiger partial charge in [0.25, 0.3) is 0 Å². The van der Waals surface area contributed by atoms with Crippen molar-refractivity contribution in [2.45, 2.75) is 32.2 Å². The standard InChI is InChI=1S/C15H18F2N2O/c1-2-3-5-12-6-4-9-19(12)15(20)18-11-7-8-13(16)14(17)10-11/h4,6-8,10,12H,2-3,5,9H2,1H3,(H,18,20). The van der Waals surface area contributed by atoms with E-state index >= 15 is 0 Å². The number of anilines is 1. The molecule has 1 aliphatic rings.